The lowest BCUT2D eigenvalue weighted by Crippen LogP contribution is -2.15. The van der Waals surface area contributed by atoms with Gasteiger partial charge in [-0.2, -0.15) is 0 Å². The third kappa shape index (κ3) is 4.10. The normalized spacial score (nSPS) is 9.57. The minimum absolute atomic E-state index is 0.103. The van der Waals surface area contributed by atoms with E-state index in [1.165, 1.54) is 0 Å². The summed E-state index contributed by atoms with van der Waals surface area (Å²) >= 11 is 0. The van der Waals surface area contributed by atoms with E-state index in [1.807, 2.05) is 18.2 Å². The molecule has 21 heavy (non-hydrogen) atoms. The fourth-order valence-corrected chi connectivity index (χ4v) is 1.88. The quantitative estimate of drug-likeness (QED) is 0.751. The number of nitrogens with one attached hydrogen (secondary N) is 1. The van der Waals surface area contributed by atoms with E-state index in [-0.39, 0.29) is 24.6 Å². The van der Waals surface area contributed by atoms with Crippen LogP contribution < -0.4 is 11.1 Å². The summed E-state index contributed by atoms with van der Waals surface area (Å²) in [4.78, 5) is 12.1. The smallest absolute Gasteiger partial charge is 0.228 e. The number of carbonyl (C=O) groups excluding carboxylic acids is 1. The second kappa shape index (κ2) is 7.13. The Morgan fingerprint density at radius 2 is 1.86 bits per heavy atom. The Balaban J connectivity index is 2.12. The van der Waals surface area contributed by atoms with Crippen molar-refractivity contribution in [2.24, 2.45) is 5.73 Å². The molecule has 0 aliphatic rings. The largest absolute Gasteiger partial charge is 0.508 e. The van der Waals surface area contributed by atoms with Gasteiger partial charge in [-0.05, 0) is 18.2 Å². The maximum absolute atomic E-state index is 12.1. The van der Waals surface area contributed by atoms with E-state index < -0.39 is 0 Å². The summed E-state index contributed by atoms with van der Waals surface area (Å²) in [5.74, 6) is 5.58. The highest BCUT2D eigenvalue weighted by molar-refractivity contribution is 5.93. The van der Waals surface area contributed by atoms with Crippen LogP contribution in [0.15, 0.2) is 48.5 Å². The molecule has 2 aromatic rings. The number of carbonyl (C=O) groups is 1. The van der Waals surface area contributed by atoms with E-state index in [4.69, 9.17) is 5.73 Å². The maximum Gasteiger partial charge on any atom is 0.228 e. The summed E-state index contributed by atoms with van der Waals surface area (Å²) in [6.45, 7) is 0.264. The molecule has 0 atom stereocenters. The first kappa shape index (κ1) is 14.6. The molecule has 0 spiro atoms. The molecule has 2 aromatic carbocycles. The fourth-order valence-electron chi connectivity index (χ4n) is 1.88. The molecule has 4 N–H and O–H groups in total. The third-order valence-electron chi connectivity index (χ3n) is 2.87. The molecular formula is C17H16N2O2. The lowest BCUT2D eigenvalue weighted by atomic mass is 10.1. The van der Waals surface area contributed by atoms with Crippen molar-refractivity contribution in [1.29, 1.82) is 0 Å². The molecule has 0 heterocycles. The highest BCUT2D eigenvalue weighted by atomic mass is 16.3. The predicted octanol–water partition coefficient (Wildman–Crippen LogP) is 1.88. The molecule has 0 fully saturated rings. The van der Waals surface area contributed by atoms with Crippen LogP contribution in [-0.4, -0.2) is 17.6 Å². The molecular weight excluding hydrogens is 264 g/mol. The minimum Gasteiger partial charge on any atom is -0.508 e. The van der Waals surface area contributed by atoms with Crippen LogP contribution in [-0.2, 0) is 11.2 Å². The predicted molar refractivity (Wildman–Crippen MR) is 82.8 cm³/mol. The average molecular weight is 280 g/mol. The summed E-state index contributed by atoms with van der Waals surface area (Å²) in [7, 11) is 0. The van der Waals surface area contributed by atoms with E-state index in [0.29, 0.717) is 16.8 Å². The lowest BCUT2D eigenvalue weighted by molar-refractivity contribution is -0.115. The molecule has 0 aliphatic heterocycles. The number of anilines is 1. The summed E-state index contributed by atoms with van der Waals surface area (Å²) in [6, 6.07) is 14.0. The summed E-state index contributed by atoms with van der Waals surface area (Å²) in [6.07, 6.45) is 0.103. The van der Waals surface area contributed by atoms with E-state index in [1.54, 1.807) is 30.3 Å². The van der Waals surface area contributed by atoms with E-state index >= 15 is 0 Å². The molecule has 0 aliphatic carbocycles. The van der Waals surface area contributed by atoms with Gasteiger partial charge in [-0.3, -0.25) is 4.79 Å². The van der Waals surface area contributed by atoms with Crippen molar-refractivity contribution < 1.29 is 9.90 Å². The van der Waals surface area contributed by atoms with Crippen LogP contribution in [0.4, 0.5) is 5.69 Å². The zero-order valence-electron chi connectivity index (χ0n) is 11.5. The number of phenolic OH excluding ortho intramolecular Hbond substituents is 1. The molecule has 0 saturated carbocycles. The van der Waals surface area contributed by atoms with Crippen LogP contribution in [0.25, 0.3) is 0 Å². The summed E-state index contributed by atoms with van der Waals surface area (Å²) in [5, 5.41) is 12.5. The van der Waals surface area contributed by atoms with Gasteiger partial charge in [0.2, 0.25) is 5.91 Å². The van der Waals surface area contributed by atoms with Gasteiger partial charge in [0.05, 0.1) is 18.7 Å². The molecule has 4 heteroatoms. The van der Waals surface area contributed by atoms with Gasteiger partial charge in [0.1, 0.15) is 5.75 Å². The molecule has 0 saturated heterocycles. The highest BCUT2D eigenvalue weighted by Crippen LogP contribution is 2.18. The highest BCUT2D eigenvalue weighted by Gasteiger charge is 2.09. The zero-order chi connectivity index (χ0) is 15.1. The van der Waals surface area contributed by atoms with Crippen LogP contribution in [0.3, 0.4) is 0 Å². The lowest BCUT2D eigenvalue weighted by Gasteiger charge is -2.08. The van der Waals surface area contributed by atoms with E-state index in [2.05, 4.69) is 17.2 Å². The molecule has 0 unspecified atom stereocenters. The van der Waals surface area contributed by atoms with Crippen molar-refractivity contribution in [1.82, 2.24) is 0 Å². The Morgan fingerprint density at radius 3 is 2.62 bits per heavy atom. The summed E-state index contributed by atoms with van der Waals surface area (Å²) < 4.78 is 0. The van der Waals surface area contributed by atoms with Gasteiger partial charge in [-0.25, -0.2) is 0 Å². The first-order valence-electron chi connectivity index (χ1n) is 6.55. The SMILES string of the molecule is NCC#Cc1ccccc1NC(=O)Cc1ccccc1O. The number of phenols is 1. The fraction of sp³-hybridized carbons (Fsp3) is 0.118. The molecule has 1 amide bonds. The third-order valence-corrected chi connectivity index (χ3v) is 2.87. The Hall–Kier alpha value is -2.77. The Morgan fingerprint density at radius 1 is 1.14 bits per heavy atom. The van der Waals surface area contributed by atoms with Gasteiger partial charge < -0.3 is 16.2 Å². The minimum atomic E-state index is -0.210. The molecule has 0 aromatic heterocycles. The van der Waals surface area contributed by atoms with Crippen molar-refractivity contribution in [3.05, 3.63) is 59.7 Å². The Bertz CT molecular complexity index is 699. The Kier molecular flexibility index (Phi) is 4.97. The van der Waals surface area contributed by atoms with Crippen molar-refractivity contribution in [2.45, 2.75) is 6.42 Å². The summed E-state index contributed by atoms with van der Waals surface area (Å²) in [5.41, 5.74) is 7.30. The first-order valence-corrected chi connectivity index (χ1v) is 6.55. The van der Waals surface area contributed by atoms with Gasteiger partial charge in [0.15, 0.2) is 0 Å². The number of rotatable bonds is 3. The standard InChI is InChI=1S/C17H16N2O2/c18-11-5-8-13-6-1-3-9-15(13)19-17(21)12-14-7-2-4-10-16(14)20/h1-4,6-7,9-10,20H,11-12,18H2,(H,19,21). The average Bonchev–Trinajstić information content (AvgIpc) is 2.49. The maximum atomic E-state index is 12.1. The van der Waals surface area contributed by atoms with Gasteiger partial charge >= 0.3 is 0 Å². The van der Waals surface area contributed by atoms with Crippen molar-refractivity contribution in [3.8, 4) is 17.6 Å². The van der Waals surface area contributed by atoms with Crippen LogP contribution in [0.1, 0.15) is 11.1 Å². The molecule has 4 nitrogen and oxygen atoms in total. The van der Waals surface area contributed by atoms with Crippen LogP contribution >= 0.6 is 0 Å². The van der Waals surface area contributed by atoms with Crippen LogP contribution in [0.5, 0.6) is 5.75 Å². The molecule has 106 valence electrons. The van der Waals surface area contributed by atoms with Gasteiger partial charge in [0, 0.05) is 11.1 Å². The van der Waals surface area contributed by atoms with Crippen LogP contribution in [0, 0.1) is 11.8 Å². The second-order valence-electron chi connectivity index (χ2n) is 4.41. The second-order valence-corrected chi connectivity index (χ2v) is 4.41. The molecule has 0 radical (unpaired) electrons. The van der Waals surface area contributed by atoms with E-state index in [9.17, 15) is 9.90 Å². The number of benzene rings is 2. The topological polar surface area (TPSA) is 75.3 Å². The van der Waals surface area contributed by atoms with Crippen molar-refractivity contribution in [3.63, 3.8) is 0 Å². The Labute approximate surface area is 123 Å². The van der Waals surface area contributed by atoms with Gasteiger partial charge in [-0.1, -0.05) is 42.2 Å². The van der Waals surface area contributed by atoms with E-state index in [0.717, 1.165) is 0 Å². The number of hydrogen-bond acceptors (Lipinski definition) is 3. The molecule has 0 bridgehead atoms. The van der Waals surface area contributed by atoms with Crippen molar-refractivity contribution >= 4 is 11.6 Å². The van der Waals surface area contributed by atoms with Gasteiger partial charge in [0.25, 0.3) is 0 Å². The number of para-hydroxylation sites is 2. The molecule has 2 rings (SSSR count). The monoisotopic (exact) mass is 280 g/mol. The zero-order valence-corrected chi connectivity index (χ0v) is 11.5. The van der Waals surface area contributed by atoms with Crippen molar-refractivity contribution in [2.75, 3.05) is 11.9 Å². The van der Waals surface area contributed by atoms with Crippen LogP contribution in [0.2, 0.25) is 0 Å². The number of aromatic hydroxyl groups is 1. The number of amides is 1. The number of hydrogen-bond donors (Lipinski definition) is 3. The van der Waals surface area contributed by atoms with Gasteiger partial charge in [-0.15, -0.1) is 0 Å². The first-order chi connectivity index (χ1) is 10.2. The number of nitrogens with two attached hydrogens (primary N) is 1.